The SMILES string of the molecule is CC(CO)N(C)C(=O)Nc1cccc(Cl)c1F. The van der Waals surface area contributed by atoms with Gasteiger partial charge in [-0.1, -0.05) is 17.7 Å². The first kappa shape index (κ1) is 13.7. The molecule has 1 rings (SSSR count). The second-order valence-corrected chi connectivity index (χ2v) is 4.08. The van der Waals surface area contributed by atoms with E-state index >= 15 is 0 Å². The number of carbonyl (C=O) groups excluding carboxylic acids is 1. The van der Waals surface area contributed by atoms with Crippen molar-refractivity contribution in [3.63, 3.8) is 0 Å². The monoisotopic (exact) mass is 260 g/mol. The first-order valence-electron chi connectivity index (χ1n) is 5.06. The predicted molar refractivity (Wildman–Crippen MR) is 64.7 cm³/mol. The number of nitrogens with one attached hydrogen (secondary N) is 1. The normalized spacial score (nSPS) is 12.1. The van der Waals surface area contributed by atoms with Crippen molar-refractivity contribution >= 4 is 23.3 Å². The Morgan fingerprint density at radius 2 is 2.29 bits per heavy atom. The smallest absolute Gasteiger partial charge is 0.321 e. The molecule has 0 heterocycles. The van der Waals surface area contributed by atoms with Crippen LogP contribution in [0.3, 0.4) is 0 Å². The highest BCUT2D eigenvalue weighted by atomic mass is 35.5. The molecule has 0 bridgehead atoms. The zero-order chi connectivity index (χ0) is 13.0. The average Bonchev–Trinajstić information content (AvgIpc) is 2.32. The minimum Gasteiger partial charge on any atom is -0.394 e. The summed E-state index contributed by atoms with van der Waals surface area (Å²) in [5.74, 6) is -0.674. The van der Waals surface area contributed by atoms with Gasteiger partial charge in [-0.25, -0.2) is 9.18 Å². The molecule has 0 aromatic heterocycles. The minimum absolute atomic E-state index is 0.0134. The van der Waals surface area contributed by atoms with Crippen LogP contribution in [0.25, 0.3) is 0 Å². The number of benzene rings is 1. The lowest BCUT2D eigenvalue weighted by Crippen LogP contribution is -2.40. The maximum Gasteiger partial charge on any atom is 0.321 e. The first-order valence-corrected chi connectivity index (χ1v) is 5.43. The fourth-order valence-electron chi connectivity index (χ4n) is 1.13. The average molecular weight is 261 g/mol. The van der Waals surface area contributed by atoms with Gasteiger partial charge in [0, 0.05) is 7.05 Å². The highest BCUT2D eigenvalue weighted by Gasteiger charge is 2.16. The van der Waals surface area contributed by atoms with Gasteiger partial charge in [0.1, 0.15) is 0 Å². The molecule has 0 saturated carbocycles. The Labute approximate surface area is 104 Å². The Morgan fingerprint density at radius 1 is 1.65 bits per heavy atom. The van der Waals surface area contributed by atoms with Crippen LogP contribution in [-0.2, 0) is 0 Å². The summed E-state index contributed by atoms with van der Waals surface area (Å²) in [7, 11) is 1.51. The zero-order valence-corrected chi connectivity index (χ0v) is 10.3. The van der Waals surface area contributed by atoms with E-state index < -0.39 is 11.8 Å². The molecule has 4 nitrogen and oxygen atoms in total. The number of hydrogen-bond acceptors (Lipinski definition) is 2. The van der Waals surface area contributed by atoms with Crippen LogP contribution in [0.2, 0.25) is 5.02 Å². The number of amides is 2. The molecule has 0 fully saturated rings. The molecule has 0 spiro atoms. The van der Waals surface area contributed by atoms with Crippen LogP contribution in [0.5, 0.6) is 0 Å². The molecule has 2 N–H and O–H groups in total. The Balaban J connectivity index is 2.78. The quantitative estimate of drug-likeness (QED) is 0.876. The van der Waals surface area contributed by atoms with E-state index in [1.807, 2.05) is 0 Å². The molecular formula is C11H14ClFN2O2. The van der Waals surface area contributed by atoms with Gasteiger partial charge in [-0.3, -0.25) is 0 Å². The Bertz CT molecular complexity index is 414. The summed E-state index contributed by atoms with van der Waals surface area (Å²) in [4.78, 5) is 12.9. The second kappa shape index (κ2) is 5.84. The maximum absolute atomic E-state index is 13.5. The van der Waals surface area contributed by atoms with E-state index in [1.54, 1.807) is 6.92 Å². The van der Waals surface area contributed by atoms with Crippen molar-refractivity contribution in [2.75, 3.05) is 19.0 Å². The van der Waals surface area contributed by atoms with E-state index in [1.165, 1.54) is 30.1 Å². The van der Waals surface area contributed by atoms with Crippen LogP contribution in [-0.4, -0.2) is 35.7 Å². The zero-order valence-electron chi connectivity index (χ0n) is 9.58. The van der Waals surface area contributed by atoms with E-state index in [0.717, 1.165) is 0 Å². The molecule has 0 saturated heterocycles. The number of rotatable bonds is 3. The van der Waals surface area contributed by atoms with Crippen LogP contribution in [0.1, 0.15) is 6.92 Å². The van der Waals surface area contributed by atoms with Gasteiger partial charge >= 0.3 is 6.03 Å². The fraction of sp³-hybridized carbons (Fsp3) is 0.364. The van der Waals surface area contributed by atoms with Crippen molar-refractivity contribution in [2.24, 2.45) is 0 Å². The van der Waals surface area contributed by atoms with Gasteiger partial charge in [-0.05, 0) is 19.1 Å². The van der Waals surface area contributed by atoms with Crippen molar-refractivity contribution in [2.45, 2.75) is 13.0 Å². The fourth-order valence-corrected chi connectivity index (χ4v) is 1.30. The van der Waals surface area contributed by atoms with E-state index in [9.17, 15) is 9.18 Å². The third-order valence-corrected chi connectivity index (χ3v) is 2.73. The third kappa shape index (κ3) is 3.31. The number of anilines is 1. The molecule has 17 heavy (non-hydrogen) atoms. The van der Waals surface area contributed by atoms with E-state index in [4.69, 9.17) is 16.7 Å². The summed E-state index contributed by atoms with van der Waals surface area (Å²) in [6.07, 6.45) is 0. The minimum atomic E-state index is -0.674. The van der Waals surface area contributed by atoms with Crippen molar-refractivity contribution in [3.05, 3.63) is 29.0 Å². The number of carbonyl (C=O) groups is 1. The second-order valence-electron chi connectivity index (χ2n) is 3.67. The molecule has 0 aliphatic carbocycles. The summed E-state index contributed by atoms with van der Waals surface area (Å²) < 4.78 is 13.5. The predicted octanol–water partition coefficient (Wildman–Crippen LogP) is 2.32. The highest BCUT2D eigenvalue weighted by molar-refractivity contribution is 6.31. The number of halogens is 2. The van der Waals surface area contributed by atoms with Crippen LogP contribution in [0, 0.1) is 5.82 Å². The summed E-state index contributed by atoms with van der Waals surface area (Å²) in [6.45, 7) is 1.51. The van der Waals surface area contributed by atoms with Gasteiger partial charge in [0.15, 0.2) is 5.82 Å². The van der Waals surface area contributed by atoms with E-state index in [0.29, 0.717) is 0 Å². The third-order valence-electron chi connectivity index (χ3n) is 2.44. The standard InChI is InChI=1S/C11H14ClFN2O2/c1-7(6-16)15(2)11(17)14-9-5-3-4-8(12)10(9)13/h3-5,7,16H,6H2,1-2H3,(H,14,17). The molecular weight excluding hydrogens is 247 g/mol. The molecule has 94 valence electrons. The van der Waals surface area contributed by atoms with Gasteiger partial charge in [-0.2, -0.15) is 0 Å². The van der Waals surface area contributed by atoms with E-state index in [2.05, 4.69) is 5.32 Å². The highest BCUT2D eigenvalue weighted by Crippen LogP contribution is 2.22. The molecule has 6 heteroatoms. The lowest BCUT2D eigenvalue weighted by molar-refractivity contribution is 0.166. The Morgan fingerprint density at radius 3 is 2.88 bits per heavy atom. The lowest BCUT2D eigenvalue weighted by atomic mass is 10.3. The molecule has 1 unspecified atom stereocenters. The number of urea groups is 1. The molecule has 1 aromatic carbocycles. The van der Waals surface area contributed by atoms with Crippen molar-refractivity contribution < 1.29 is 14.3 Å². The maximum atomic E-state index is 13.5. The Hall–Kier alpha value is -1.33. The topological polar surface area (TPSA) is 52.6 Å². The number of aliphatic hydroxyl groups is 1. The lowest BCUT2D eigenvalue weighted by Gasteiger charge is -2.23. The molecule has 0 radical (unpaired) electrons. The summed E-state index contributed by atoms with van der Waals surface area (Å²) in [5.41, 5.74) is 0.0134. The largest absolute Gasteiger partial charge is 0.394 e. The summed E-state index contributed by atoms with van der Waals surface area (Å²) in [5, 5.41) is 11.2. The van der Waals surface area contributed by atoms with Gasteiger partial charge in [0.2, 0.25) is 0 Å². The Kier molecular flexibility index (Phi) is 4.72. The van der Waals surface area contributed by atoms with Crippen molar-refractivity contribution in [1.82, 2.24) is 4.90 Å². The van der Waals surface area contributed by atoms with Crippen molar-refractivity contribution in [3.8, 4) is 0 Å². The van der Waals surface area contributed by atoms with Crippen molar-refractivity contribution in [1.29, 1.82) is 0 Å². The summed E-state index contributed by atoms with van der Waals surface area (Å²) >= 11 is 5.59. The van der Waals surface area contributed by atoms with Crippen LogP contribution in [0.4, 0.5) is 14.9 Å². The molecule has 1 atom stereocenters. The number of hydrogen-bond donors (Lipinski definition) is 2. The summed E-state index contributed by atoms with van der Waals surface area (Å²) in [6, 6.07) is 3.49. The number of nitrogens with zero attached hydrogens (tertiary/aromatic N) is 1. The van der Waals surface area contributed by atoms with Gasteiger partial charge in [-0.15, -0.1) is 0 Å². The molecule has 1 aromatic rings. The number of aliphatic hydroxyl groups excluding tert-OH is 1. The molecule has 2 amide bonds. The first-order chi connectivity index (χ1) is 7.97. The van der Waals surface area contributed by atoms with E-state index in [-0.39, 0.29) is 23.4 Å². The van der Waals surface area contributed by atoms with Crippen LogP contribution < -0.4 is 5.32 Å². The van der Waals surface area contributed by atoms with Gasteiger partial charge < -0.3 is 15.3 Å². The molecule has 0 aliphatic rings. The number of likely N-dealkylation sites (N-methyl/N-ethyl adjacent to an activating group) is 1. The van der Waals surface area contributed by atoms with Crippen LogP contribution >= 0.6 is 11.6 Å². The molecule has 0 aliphatic heterocycles. The van der Waals surface area contributed by atoms with Crippen LogP contribution in [0.15, 0.2) is 18.2 Å². The van der Waals surface area contributed by atoms with Gasteiger partial charge in [0.05, 0.1) is 23.4 Å². The van der Waals surface area contributed by atoms with Gasteiger partial charge in [0.25, 0.3) is 0 Å².